The molecule has 0 bridgehead atoms. The topological polar surface area (TPSA) is 18.5 Å². The molecule has 0 saturated carbocycles. The molecule has 0 radical (unpaired) electrons. The van der Waals surface area contributed by atoms with E-state index in [0.29, 0.717) is 0 Å². The van der Waals surface area contributed by atoms with E-state index in [2.05, 4.69) is 12.1 Å². The lowest BCUT2D eigenvalue weighted by atomic mass is 10.0. The van der Waals surface area contributed by atoms with Crippen LogP contribution in [-0.2, 0) is 0 Å². The molecule has 0 aliphatic carbocycles. The Morgan fingerprint density at radius 3 is 1.56 bits per heavy atom. The summed E-state index contributed by atoms with van der Waals surface area (Å²) in [6, 6.07) is 33.9. The van der Waals surface area contributed by atoms with Crippen LogP contribution in [0.3, 0.4) is 0 Å². The Balaban J connectivity index is 1.74. The standard InChI is InChI=1S/C25H20O2/c1-19-11-5-8-16-23(19)27-25-18-10-7-15-22(25)21-14-6-9-17-24(21)26-20-12-3-2-4-13-20/h2-18H,1H3. The number of hydrogen-bond donors (Lipinski definition) is 0. The van der Waals surface area contributed by atoms with Crippen molar-refractivity contribution in [2.45, 2.75) is 6.92 Å². The van der Waals surface area contributed by atoms with Gasteiger partial charge in [-0.2, -0.15) is 0 Å². The van der Waals surface area contributed by atoms with Crippen LogP contribution in [0, 0.1) is 6.92 Å². The van der Waals surface area contributed by atoms with E-state index in [-0.39, 0.29) is 0 Å². The van der Waals surface area contributed by atoms with Crippen molar-refractivity contribution in [2.24, 2.45) is 0 Å². The summed E-state index contributed by atoms with van der Waals surface area (Å²) in [5, 5.41) is 0. The van der Waals surface area contributed by atoms with Crippen LogP contribution in [-0.4, -0.2) is 0 Å². The fraction of sp³-hybridized carbons (Fsp3) is 0.0400. The van der Waals surface area contributed by atoms with Gasteiger partial charge in [-0.15, -0.1) is 0 Å². The smallest absolute Gasteiger partial charge is 0.135 e. The van der Waals surface area contributed by atoms with Gasteiger partial charge in [-0.05, 0) is 42.8 Å². The minimum absolute atomic E-state index is 0.796. The molecule has 0 aliphatic rings. The van der Waals surface area contributed by atoms with E-state index in [0.717, 1.165) is 39.7 Å². The van der Waals surface area contributed by atoms with Crippen LogP contribution in [0.2, 0.25) is 0 Å². The maximum absolute atomic E-state index is 6.24. The van der Waals surface area contributed by atoms with Gasteiger partial charge in [0.25, 0.3) is 0 Å². The highest BCUT2D eigenvalue weighted by atomic mass is 16.5. The van der Waals surface area contributed by atoms with Crippen molar-refractivity contribution < 1.29 is 9.47 Å². The van der Waals surface area contributed by atoms with Gasteiger partial charge in [0.15, 0.2) is 0 Å². The summed E-state index contributed by atoms with van der Waals surface area (Å²) < 4.78 is 12.4. The fourth-order valence-corrected chi connectivity index (χ4v) is 2.96. The Bertz CT molecular complexity index is 1040. The molecule has 0 spiro atoms. The summed E-state index contributed by atoms with van der Waals surface area (Å²) in [6.45, 7) is 2.05. The Morgan fingerprint density at radius 2 is 0.926 bits per heavy atom. The first-order valence-electron chi connectivity index (χ1n) is 8.96. The van der Waals surface area contributed by atoms with Crippen molar-refractivity contribution in [1.82, 2.24) is 0 Å². The largest absolute Gasteiger partial charge is 0.457 e. The van der Waals surface area contributed by atoms with Gasteiger partial charge in [0.2, 0.25) is 0 Å². The lowest BCUT2D eigenvalue weighted by molar-refractivity contribution is 0.475. The van der Waals surface area contributed by atoms with Gasteiger partial charge in [0.1, 0.15) is 23.0 Å². The van der Waals surface area contributed by atoms with E-state index in [1.165, 1.54) is 0 Å². The summed E-state index contributed by atoms with van der Waals surface area (Å²) in [7, 11) is 0. The lowest BCUT2D eigenvalue weighted by Crippen LogP contribution is -1.92. The molecule has 2 heteroatoms. The van der Waals surface area contributed by atoms with Gasteiger partial charge in [-0.1, -0.05) is 72.8 Å². The number of ether oxygens (including phenoxy) is 2. The molecule has 0 fully saturated rings. The highest BCUT2D eigenvalue weighted by Crippen LogP contribution is 2.40. The van der Waals surface area contributed by atoms with Crippen molar-refractivity contribution in [3.63, 3.8) is 0 Å². The molecule has 132 valence electrons. The molecule has 4 aromatic carbocycles. The number of para-hydroxylation sites is 4. The van der Waals surface area contributed by atoms with Crippen LogP contribution in [0.4, 0.5) is 0 Å². The fourth-order valence-electron chi connectivity index (χ4n) is 2.96. The zero-order chi connectivity index (χ0) is 18.5. The molecule has 0 amide bonds. The minimum Gasteiger partial charge on any atom is -0.457 e. The Labute approximate surface area is 159 Å². The molecule has 0 N–H and O–H groups in total. The Hall–Kier alpha value is -3.52. The molecule has 0 atom stereocenters. The number of hydrogen-bond acceptors (Lipinski definition) is 2. The van der Waals surface area contributed by atoms with Crippen molar-refractivity contribution in [2.75, 3.05) is 0 Å². The summed E-state index contributed by atoms with van der Waals surface area (Å²) in [6.07, 6.45) is 0. The second-order valence-electron chi connectivity index (χ2n) is 6.27. The summed E-state index contributed by atoms with van der Waals surface area (Å²) in [5.74, 6) is 3.26. The quantitative estimate of drug-likeness (QED) is 0.377. The first kappa shape index (κ1) is 16.9. The van der Waals surface area contributed by atoms with Crippen LogP contribution in [0.15, 0.2) is 103 Å². The van der Waals surface area contributed by atoms with Gasteiger partial charge >= 0.3 is 0 Å². The van der Waals surface area contributed by atoms with Gasteiger partial charge in [-0.3, -0.25) is 0 Å². The zero-order valence-electron chi connectivity index (χ0n) is 15.1. The van der Waals surface area contributed by atoms with E-state index >= 15 is 0 Å². The van der Waals surface area contributed by atoms with Crippen molar-refractivity contribution in [3.05, 3.63) is 109 Å². The average molecular weight is 352 g/mol. The van der Waals surface area contributed by atoms with E-state index in [4.69, 9.17) is 9.47 Å². The van der Waals surface area contributed by atoms with Gasteiger partial charge < -0.3 is 9.47 Å². The van der Waals surface area contributed by atoms with Crippen LogP contribution in [0.5, 0.6) is 23.0 Å². The monoisotopic (exact) mass is 352 g/mol. The zero-order valence-corrected chi connectivity index (χ0v) is 15.1. The summed E-state index contributed by atoms with van der Waals surface area (Å²) in [4.78, 5) is 0. The molecule has 2 nitrogen and oxygen atoms in total. The summed E-state index contributed by atoms with van der Waals surface area (Å²) in [5.41, 5.74) is 3.08. The minimum atomic E-state index is 0.796. The average Bonchev–Trinajstić information content (AvgIpc) is 2.72. The summed E-state index contributed by atoms with van der Waals surface area (Å²) >= 11 is 0. The molecular formula is C25H20O2. The molecule has 0 unspecified atom stereocenters. The molecule has 0 aliphatic heterocycles. The van der Waals surface area contributed by atoms with E-state index in [1.54, 1.807) is 0 Å². The van der Waals surface area contributed by atoms with E-state index in [9.17, 15) is 0 Å². The molecule has 0 saturated heterocycles. The van der Waals surface area contributed by atoms with Crippen molar-refractivity contribution in [1.29, 1.82) is 0 Å². The first-order valence-corrected chi connectivity index (χ1v) is 8.96. The lowest BCUT2D eigenvalue weighted by Gasteiger charge is -2.16. The van der Waals surface area contributed by atoms with Gasteiger partial charge in [-0.25, -0.2) is 0 Å². The Morgan fingerprint density at radius 1 is 0.444 bits per heavy atom. The molecule has 27 heavy (non-hydrogen) atoms. The van der Waals surface area contributed by atoms with Crippen LogP contribution < -0.4 is 9.47 Å². The SMILES string of the molecule is Cc1ccccc1Oc1ccccc1-c1ccccc1Oc1ccccc1. The third kappa shape index (κ3) is 3.85. The predicted molar refractivity (Wildman–Crippen MR) is 110 cm³/mol. The highest BCUT2D eigenvalue weighted by Gasteiger charge is 2.13. The van der Waals surface area contributed by atoms with Crippen LogP contribution in [0.25, 0.3) is 11.1 Å². The van der Waals surface area contributed by atoms with Gasteiger partial charge in [0, 0.05) is 11.1 Å². The third-order valence-corrected chi connectivity index (χ3v) is 4.35. The van der Waals surface area contributed by atoms with Crippen molar-refractivity contribution in [3.8, 4) is 34.1 Å². The van der Waals surface area contributed by atoms with Crippen molar-refractivity contribution >= 4 is 0 Å². The van der Waals surface area contributed by atoms with Crippen LogP contribution in [0.1, 0.15) is 5.56 Å². The van der Waals surface area contributed by atoms with Gasteiger partial charge in [0.05, 0.1) is 0 Å². The second kappa shape index (κ2) is 7.79. The second-order valence-corrected chi connectivity index (χ2v) is 6.27. The van der Waals surface area contributed by atoms with Crippen LogP contribution >= 0.6 is 0 Å². The number of rotatable bonds is 5. The Kier molecular flexibility index (Phi) is 4.88. The predicted octanol–water partition coefficient (Wildman–Crippen LogP) is 7.25. The van der Waals surface area contributed by atoms with E-state index in [1.807, 2.05) is 97.9 Å². The number of aryl methyl sites for hydroxylation is 1. The molecular weight excluding hydrogens is 332 g/mol. The third-order valence-electron chi connectivity index (χ3n) is 4.35. The molecule has 0 heterocycles. The highest BCUT2D eigenvalue weighted by molar-refractivity contribution is 5.76. The van der Waals surface area contributed by atoms with E-state index < -0.39 is 0 Å². The maximum atomic E-state index is 6.24. The first-order chi connectivity index (χ1) is 13.3. The number of benzene rings is 4. The molecule has 0 aromatic heterocycles. The molecule has 4 aromatic rings. The maximum Gasteiger partial charge on any atom is 0.135 e. The molecule has 4 rings (SSSR count). The normalized spacial score (nSPS) is 10.4.